The van der Waals surface area contributed by atoms with Gasteiger partial charge in [0.25, 0.3) is 5.91 Å². The number of hydrogen-bond acceptors (Lipinski definition) is 5. The summed E-state index contributed by atoms with van der Waals surface area (Å²) in [6.07, 6.45) is 3.03. The Hall–Kier alpha value is -2.63. The number of methoxy groups -OCH3 is 1. The van der Waals surface area contributed by atoms with Crippen LogP contribution in [0.15, 0.2) is 30.6 Å². The number of amides is 1. The van der Waals surface area contributed by atoms with Gasteiger partial charge in [-0.25, -0.2) is 4.98 Å². The van der Waals surface area contributed by atoms with Gasteiger partial charge in [-0.15, -0.1) is 0 Å². The zero-order valence-corrected chi connectivity index (χ0v) is 10.7. The van der Waals surface area contributed by atoms with Crippen molar-refractivity contribution in [3.63, 3.8) is 0 Å². The molecule has 2 aromatic rings. The normalized spacial score (nSPS) is 10.0. The van der Waals surface area contributed by atoms with E-state index in [9.17, 15) is 4.79 Å². The van der Waals surface area contributed by atoms with Crippen molar-refractivity contribution in [1.82, 2.24) is 9.97 Å². The Morgan fingerprint density at radius 3 is 2.74 bits per heavy atom. The van der Waals surface area contributed by atoms with Crippen LogP contribution in [0.4, 0.5) is 11.4 Å². The molecular weight excluding hydrogens is 244 g/mol. The van der Waals surface area contributed by atoms with Crippen LogP contribution in [0.1, 0.15) is 16.1 Å². The fourth-order valence-corrected chi connectivity index (χ4v) is 1.55. The Balaban J connectivity index is 2.18. The summed E-state index contributed by atoms with van der Waals surface area (Å²) in [5.41, 5.74) is 7.71. The van der Waals surface area contributed by atoms with E-state index in [1.54, 1.807) is 25.1 Å². The van der Waals surface area contributed by atoms with Gasteiger partial charge >= 0.3 is 0 Å². The van der Waals surface area contributed by atoms with Crippen LogP contribution in [-0.2, 0) is 0 Å². The predicted molar refractivity (Wildman–Crippen MR) is 72.1 cm³/mol. The van der Waals surface area contributed by atoms with E-state index >= 15 is 0 Å². The zero-order chi connectivity index (χ0) is 13.8. The second-order valence-corrected chi connectivity index (χ2v) is 3.94. The summed E-state index contributed by atoms with van der Waals surface area (Å²) in [7, 11) is 1.53. The number of anilines is 2. The first-order valence-electron chi connectivity index (χ1n) is 5.63. The van der Waals surface area contributed by atoms with Crippen molar-refractivity contribution in [1.29, 1.82) is 0 Å². The molecule has 2 heterocycles. The fourth-order valence-electron chi connectivity index (χ4n) is 1.55. The number of ether oxygens (including phenoxy) is 1. The third-order valence-corrected chi connectivity index (χ3v) is 2.56. The molecule has 0 fully saturated rings. The molecule has 0 aliphatic rings. The summed E-state index contributed by atoms with van der Waals surface area (Å²) in [6.45, 7) is 1.75. The van der Waals surface area contributed by atoms with E-state index in [1.807, 2.05) is 0 Å². The fraction of sp³-hybridized carbons (Fsp3) is 0.154. The van der Waals surface area contributed by atoms with Gasteiger partial charge in [-0.05, 0) is 19.1 Å². The van der Waals surface area contributed by atoms with Gasteiger partial charge in [-0.3, -0.25) is 9.78 Å². The largest absolute Gasteiger partial charge is 0.481 e. The third-order valence-electron chi connectivity index (χ3n) is 2.56. The van der Waals surface area contributed by atoms with Gasteiger partial charge in [0.2, 0.25) is 5.88 Å². The molecule has 0 aromatic carbocycles. The van der Waals surface area contributed by atoms with E-state index in [4.69, 9.17) is 10.5 Å². The number of pyridine rings is 2. The third kappa shape index (κ3) is 2.98. The van der Waals surface area contributed by atoms with Crippen LogP contribution in [0.5, 0.6) is 5.88 Å². The molecule has 0 unspecified atom stereocenters. The summed E-state index contributed by atoms with van der Waals surface area (Å²) in [5.74, 6) is 0.212. The van der Waals surface area contributed by atoms with Crippen LogP contribution in [0.3, 0.4) is 0 Å². The van der Waals surface area contributed by atoms with Crippen molar-refractivity contribution in [2.75, 3.05) is 18.2 Å². The summed E-state index contributed by atoms with van der Waals surface area (Å²) in [4.78, 5) is 20.1. The van der Waals surface area contributed by atoms with Crippen molar-refractivity contribution in [3.05, 3.63) is 41.9 Å². The zero-order valence-electron chi connectivity index (χ0n) is 10.7. The SMILES string of the molecule is COc1ccc(NC(=O)c2cc(N)cnc2C)cn1. The molecule has 0 radical (unpaired) electrons. The number of nitrogen functional groups attached to an aromatic ring is 1. The number of rotatable bonds is 3. The smallest absolute Gasteiger partial charge is 0.257 e. The minimum atomic E-state index is -0.274. The Morgan fingerprint density at radius 2 is 2.11 bits per heavy atom. The first-order valence-corrected chi connectivity index (χ1v) is 5.63. The average Bonchev–Trinajstić information content (AvgIpc) is 2.42. The molecule has 6 nitrogen and oxygen atoms in total. The predicted octanol–water partition coefficient (Wildman–Crippen LogP) is 1.63. The summed E-state index contributed by atoms with van der Waals surface area (Å²) < 4.78 is 4.94. The number of carbonyl (C=O) groups is 1. The number of aryl methyl sites for hydroxylation is 1. The number of nitrogens with one attached hydrogen (secondary N) is 1. The molecule has 19 heavy (non-hydrogen) atoms. The maximum absolute atomic E-state index is 12.1. The van der Waals surface area contributed by atoms with E-state index in [-0.39, 0.29) is 5.91 Å². The molecule has 6 heteroatoms. The van der Waals surface area contributed by atoms with E-state index in [1.165, 1.54) is 19.5 Å². The minimum absolute atomic E-state index is 0.274. The van der Waals surface area contributed by atoms with E-state index in [0.29, 0.717) is 28.5 Å². The number of aromatic nitrogens is 2. The second kappa shape index (κ2) is 5.34. The molecule has 0 saturated heterocycles. The van der Waals surface area contributed by atoms with Crippen LogP contribution in [0, 0.1) is 6.92 Å². The van der Waals surface area contributed by atoms with Crippen molar-refractivity contribution >= 4 is 17.3 Å². The maximum Gasteiger partial charge on any atom is 0.257 e. The lowest BCUT2D eigenvalue weighted by atomic mass is 10.2. The van der Waals surface area contributed by atoms with E-state index in [2.05, 4.69) is 15.3 Å². The van der Waals surface area contributed by atoms with Gasteiger partial charge in [0.05, 0.1) is 42.1 Å². The van der Waals surface area contributed by atoms with Gasteiger partial charge in [0.1, 0.15) is 0 Å². The van der Waals surface area contributed by atoms with Gasteiger partial charge in [-0.1, -0.05) is 0 Å². The summed E-state index contributed by atoms with van der Waals surface area (Å²) >= 11 is 0. The van der Waals surface area contributed by atoms with Crippen molar-refractivity contribution in [3.8, 4) is 5.88 Å². The Bertz CT molecular complexity index is 596. The molecule has 0 saturated carbocycles. The number of nitrogens with zero attached hydrogens (tertiary/aromatic N) is 2. The molecule has 0 spiro atoms. The van der Waals surface area contributed by atoms with Crippen LogP contribution in [0.2, 0.25) is 0 Å². The molecule has 0 aliphatic heterocycles. The Labute approximate surface area is 110 Å². The number of carbonyl (C=O) groups excluding carboxylic acids is 1. The minimum Gasteiger partial charge on any atom is -0.481 e. The standard InChI is InChI=1S/C13H14N4O2/c1-8-11(5-9(14)6-15-8)13(18)17-10-3-4-12(19-2)16-7-10/h3-7H,14H2,1-2H3,(H,17,18). The van der Waals surface area contributed by atoms with Gasteiger partial charge < -0.3 is 15.8 Å². The average molecular weight is 258 g/mol. The molecular formula is C13H14N4O2. The summed E-state index contributed by atoms with van der Waals surface area (Å²) in [5, 5.41) is 2.73. The molecule has 98 valence electrons. The molecule has 0 aliphatic carbocycles. The topological polar surface area (TPSA) is 90.1 Å². The maximum atomic E-state index is 12.1. The first kappa shape index (κ1) is 12.8. The highest BCUT2D eigenvalue weighted by Crippen LogP contribution is 2.14. The molecule has 1 amide bonds. The molecule has 2 aromatic heterocycles. The summed E-state index contributed by atoms with van der Waals surface area (Å²) in [6, 6.07) is 4.97. The van der Waals surface area contributed by atoms with Crippen LogP contribution in [0.25, 0.3) is 0 Å². The highest BCUT2D eigenvalue weighted by molar-refractivity contribution is 6.05. The van der Waals surface area contributed by atoms with Crippen molar-refractivity contribution in [2.45, 2.75) is 6.92 Å². The van der Waals surface area contributed by atoms with Gasteiger partial charge in [-0.2, -0.15) is 0 Å². The molecule has 3 N–H and O–H groups in total. The highest BCUT2D eigenvalue weighted by Gasteiger charge is 2.11. The van der Waals surface area contributed by atoms with E-state index in [0.717, 1.165) is 0 Å². The highest BCUT2D eigenvalue weighted by atomic mass is 16.5. The lowest BCUT2D eigenvalue weighted by molar-refractivity contribution is 0.102. The lowest BCUT2D eigenvalue weighted by Crippen LogP contribution is -2.14. The van der Waals surface area contributed by atoms with Crippen LogP contribution < -0.4 is 15.8 Å². The van der Waals surface area contributed by atoms with Gasteiger partial charge in [0.15, 0.2) is 0 Å². The Morgan fingerprint density at radius 1 is 1.32 bits per heavy atom. The van der Waals surface area contributed by atoms with Crippen LogP contribution in [-0.4, -0.2) is 23.0 Å². The monoisotopic (exact) mass is 258 g/mol. The van der Waals surface area contributed by atoms with Gasteiger partial charge in [0, 0.05) is 6.07 Å². The molecule has 0 bridgehead atoms. The second-order valence-electron chi connectivity index (χ2n) is 3.94. The van der Waals surface area contributed by atoms with E-state index < -0.39 is 0 Å². The first-order chi connectivity index (χ1) is 9.10. The Kier molecular flexibility index (Phi) is 3.61. The molecule has 0 atom stereocenters. The van der Waals surface area contributed by atoms with Crippen LogP contribution >= 0.6 is 0 Å². The number of hydrogen-bond donors (Lipinski definition) is 2. The van der Waals surface area contributed by atoms with Crippen molar-refractivity contribution < 1.29 is 9.53 Å². The number of nitrogens with two attached hydrogens (primary N) is 1. The quantitative estimate of drug-likeness (QED) is 0.873. The van der Waals surface area contributed by atoms with Crippen molar-refractivity contribution in [2.24, 2.45) is 0 Å². The lowest BCUT2D eigenvalue weighted by Gasteiger charge is -2.08. The molecule has 2 rings (SSSR count).